The predicted molar refractivity (Wildman–Crippen MR) is 406 cm³/mol. The summed E-state index contributed by atoms with van der Waals surface area (Å²) in [6.45, 7) is 25.0. The summed E-state index contributed by atoms with van der Waals surface area (Å²) in [5, 5.41) is 2.44. The number of hydrogen-bond acceptors (Lipinski definition) is 2. The van der Waals surface area contributed by atoms with Gasteiger partial charge in [-0.2, -0.15) is 0 Å². The molecule has 3 nitrogen and oxygen atoms in total. The van der Waals surface area contributed by atoms with Crippen molar-refractivity contribution in [3.05, 3.63) is 331 Å². The molecular weight excluding hydrogens is 1150 g/mol. The summed E-state index contributed by atoms with van der Waals surface area (Å²) in [4.78, 5) is 2.47. The SMILES string of the molecule is C=Cc1ccc(-c2ccc3c(c2)c2cc(-c4ccc(N(c5ccc(-c6ccc(C(C)(C)C)cc6)cc5)c5ccc6c(c5)C(CCC[Si](C)(C)CCOc5cc(C)c(-c7ccc(C=C)cc7)cc5C)(c5ccccc5)c5ccccc5-6)cc4)ccc2n3-c2ccccc2)cc1. The van der Waals surface area contributed by atoms with Gasteiger partial charge in [-0.3, -0.25) is 0 Å². The normalized spacial score (nSPS) is 13.6. The number of benzene rings is 12. The first kappa shape index (κ1) is 61.3. The minimum absolute atomic E-state index is 0.0779. The highest BCUT2D eigenvalue weighted by Gasteiger charge is 2.45. The molecule has 0 aliphatic heterocycles. The van der Waals surface area contributed by atoms with E-state index in [1.165, 1.54) is 111 Å². The molecule has 0 N–H and O–H groups in total. The predicted octanol–water partition coefficient (Wildman–Crippen LogP) is 25.0. The van der Waals surface area contributed by atoms with Crippen molar-refractivity contribution in [1.82, 2.24) is 4.57 Å². The first-order valence-electron chi connectivity index (χ1n) is 33.4. The van der Waals surface area contributed by atoms with Gasteiger partial charge < -0.3 is 14.2 Å². The average Bonchev–Trinajstić information content (AvgIpc) is 1.56. The van der Waals surface area contributed by atoms with Crippen molar-refractivity contribution in [2.24, 2.45) is 0 Å². The van der Waals surface area contributed by atoms with Crippen LogP contribution in [0.3, 0.4) is 0 Å². The van der Waals surface area contributed by atoms with Crippen molar-refractivity contribution in [2.75, 3.05) is 11.5 Å². The van der Waals surface area contributed by atoms with Crippen molar-refractivity contribution >= 4 is 59.1 Å². The van der Waals surface area contributed by atoms with Crippen LogP contribution >= 0.6 is 0 Å². The molecule has 0 saturated carbocycles. The number of ether oxygens (including phenoxy) is 1. The minimum atomic E-state index is -1.74. The van der Waals surface area contributed by atoms with Crippen LogP contribution < -0.4 is 9.64 Å². The second kappa shape index (κ2) is 25.3. The molecule has 0 saturated heterocycles. The van der Waals surface area contributed by atoms with Gasteiger partial charge in [0.1, 0.15) is 5.75 Å². The monoisotopic (exact) mass is 1230 g/mol. The van der Waals surface area contributed by atoms with Crippen molar-refractivity contribution in [3.8, 4) is 67.1 Å². The number of aromatic nitrogens is 1. The van der Waals surface area contributed by atoms with Crippen LogP contribution in [0.2, 0.25) is 25.2 Å². The van der Waals surface area contributed by atoms with Crippen LogP contribution in [0.1, 0.15) is 78.1 Å². The molecule has 4 heteroatoms. The molecule has 0 radical (unpaired) electrons. The smallest absolute Gasteiger partial charge is 0.122 e. The van der Waals surface area contributed by atoms with Gasteiger partial charge in [0.2, 0.25) is 0 Å². The van der Waals surface area contributed by atoms with Crippen LogP contribution in [-0.2, 0) is 10.8 Å². The van der Waals surface area contributed by atoms with Crippen molar-refractivity contribution in [3.63, 3.8) is 0 Å². The summed E-state index contributed by atoms with van der Waals surface area (Å²) in [6, 6.07) is 104. The number of para-hydroxylation sites is 1. The maximum atomic E-state index is 6.70. The van der Waals surface area contributed by atoms with Crippen LogP contribution in [0, 0.1) is 13.8 Å². The molecular formula is C90H82N2OSi. The lowest BCUT2D eigenvalue weighted by Gasteiger charge is -2.35. The molecule has 0 bridgehead atoms. The Morgan fingerprint density at radius 1 is 0.447 bits per heavy atom. The highest BCUT2D eigenvalue weighted by atomic mass is 28.3. The molecule has 14 rings (SSSR count). The minimum Gasteiger partial charge on any atom is -0.494 e. The van der Waals surface area contributed by atoms with E-state index in [-0.39, 0.29) is 10.8 Å². The zero-order valence-electron chi connectivity index (χ0n) is 55.4. The lowest BCUT2D eigenvalue weighted by molar-refractivity contribution is 0.335. The van der Waals surface area contributed by atoms with Crippen LogP contribution in [0.4, 0.5) is 17.1 Å². The van der Waals surface area contributed by atoms with E-state index in [4.69, 9.17) is 4.74 Å². The zero-order chi connectivity index (χ0) is 64.7. The van der Waals surface area contributed by atoms with Crippen molar-refractivity contribution in [1.29, 1.82) is 0 Å². The summed E-state index contributed by atoms with van der Waals surface area (Å²) in [7, 11) is -1.74. The Balaban J connectivity index is 0.813. The van der Waals surface area contributed by atoms with Gasteiger partial charge in [0.15, 0.2) is 0 Å². The van der Waals surface area contributed by atoms with Gasteiger partial charge in [0.25, 0.3) is 0 Å². The van der Waals surface area contributed by atoms with Crippen molar-refractivity contribution < 1.29 is 4.74 Å². The van der Waals surface area contributed by atoms with Crippen LogP contribution in [0.15, 0.2) is 286 Å². The molecule has 0 amide bonds. The Kier molecular flexibility index (Phi) is 16.5. The standard InChI is InChI=1S/C90H82N2OSi/c1-10-64-27-31-68(32-28-64)71-41-51-86-82(59-71)83-60-72(42-52-87(83)92(86)75-23-16-13-17-24-75)69-39-47-77(48-40-69)91(76-45-37-67(38-46-76)66-35-43-73(44-36-66)89(5,6)7)78-49-50-80-79-25-18-19-26-84(79)90(85(80)61-78,74-21-14-12-15-22-74)53-20-55-94(8,9)56-54-93-88-58-62(3)81(57-63(88)4)70-33-29-65(11-2)30-34-70/h10-19,21-52,57-61H,1-2,20,53-56H2,3-9H3. The number of aryl methyl sites for hydroxylation is 2. The molecule has 1 aliphatic rings. The molecule has 12 aromatic carbocycles. The van der Waals surface area contributed by atoms with Gasteiger partial charge in [-0.25, -0.2) is 0 Å². The van der Waals surface area contributed by atoms with Gasteiger partial charge in [-0.1, -0.05) is 260 Å². The van der Waals surface area contributed by atoms with E-state index in [1.807, 2.05) is 12.2 Å². The van der Waals surface area contributed by atoms with Gasteiger partial charge in [0, 0.05) is 38.9 Å². The van der Waals surface area contributed by atoms with E-state index < -0.39 is 8.07 Å². The summed E-state index contributed by atoms with van der Waals surface area (Å²) in [5.41, 5.74) is 28.8. The first-order valence-corrected chi connectivity index (χ1v) is 36.8. The quantitative estimate of drug-likeness (QED) is 0.0751. The fourth-order valence-corrected chi connectivity index (χ4v) is 16.7. The molecule has 1 unspecified atom stereocenters. The summed E-state index contributed by atoms with van der Waals surface area (Å²) >= 11 is 0. The Morgan fingerprint density at radius 2 is 0.936 bits per heavy atom. The highest BCUT2D eigenvalue weighted by molar-refractivity contribution is 6.77. The first-order chi connectivity index (χ1) is 45.7. The Bertz CT molecular complexity index is 4920. The molecule has 1 heterocycles. The zero-order valence-corrected chi connectivity index (χ0v) is 56.4. The van der Waals surface area contributed by atoms with Crippen LogP contribution in [0.25, 0.3) is 95.3 Å². The largest absolute Gasteiger partial charge is 0.494 e. The molecule has 13 aromatic rings. The van der Waals surface area contributed by atoms with Crippen LogP contribution in [-0.4, -0.2) is 19.2 Å². The number of fused-ring (bicyclic) bond motifs is 6. The van der Waals surface area contributed by atoms with Gasteiger partial charge in [0.05, 0.1) is 25.7 Å². The molecule has 94 heavy (non-hydrogen) atoms. The third-order valence-corrected chi connectivity index (χ3v) is 23.3. The van der Waals surface area contributed by atoms with E-state index in [1.54, 1.807) is 0 Å². The van der Waals surface area contributed by atoms with Crippen LogP contribution in [0.5, 0.6) is 5.75 Å². The van der Waals surface area contributed by atoms with E-state index >= 15 is 0 Å². The number of hydrogen-bond donors (Lipinski definition) is 0. The average molecular weight is 1240 g/mol. The second-order valence-electron chi connectivity index (χ2n) is 27.6. The molecule has 1 aromatic heterocycles. The summed E-state index contributed by atoms with van der Waals surface area (Å²) in [6.07, 6.45) is 5.88. The lowest BCUT2D eigenvalue weighted by Crippen LogP contribution is -2.31. The van der Waals surface area contributed by atoms with E-state index in [0.29, 0.717) is 0 Å². The molecule has 0 fully saturated rings. The van der Waals surface area contributed by atoms with E-state index in [2.05, 4.69) is 343 Å². The number of anilines is 3. The fourth-order valence-electron chi connectivity index (χ4n) is 14.7. The number of rotatable bonds is 19. The third kappa shape index (κ3) is 11.8. The van der Waals surface area contributed by atoms with Crippen molar-refractivity contribution in [2.45, 2.75) is 83.5 Å². The molecule has 0 spiro atoms. The number of nitrogens with zero attached hydrogens (tertiary/aromatic N) is 2. The fraction of sp³-hybridized carbons (Fsp3) is 0.156. The van der Waals surface area contributed by atoms with Gasteiger partial charge in [-0.05, 0) is 217 Å². The maximum Gasteiger partial charge on any atom is 0.122 e. The maximum absolute atomic E-state index is 6.70. The second-order valence-corrected chi connectivity index (χ2v) is 33.0. The topological polar surface area (TPSA) is 17.4 Å². The van der Waals surface area contributed by atoms with E-state index in [0.717, 1.165) is 70.7 Å². The summed E-state index contributed by atoms with van der Waals surface area (Å²) in [5.74, 6) is 0.987. The summed E-state index contributed by atoms with van der Waals surface area (Å²) < 4.78 is 9.11. The molecule has 462 valence electrons. The van der Waals surface area contributed by atoms with E-state index in [9.17, 15) is 0 Å². The lowest BCUT2D eigenvalue weighted by atomic mass is 9.69. The Hall–Kier alpha value is -10.3. The Labute approximate surface area is 557 Å². The van der Waals surface area contributed by atoms with Gasteiger partial charge >= 0.3 is 0 Å². The Morgan fingerprint density at radius 3 is 1.51 bits per heavy atom. The molecule has 1 aliphatic carbocycles. The highest BCUT2D eigenvalue weighted by Crippen LogP contribution is 2.57. The third-order valence-electron chi connectivity index (χ3n) is 20.0. The van der Waals surface area contributed by atoms with Gasteiger partial charge in [-0.15, -0.1) is 0 Å². The molecule has 1 atom stereocenters.